The first-order valence-electron chi connectivity index (χ1n) is 10.5. The zero-order valence-corrected chi connectivity index (χ0v) is 19.0. The fraction of sp³-hybridized carbons (Fsp3) is 0.375. The van der Waals surface area contributed by atoms with Gasteiger partial charge in [-0.2, -0.15) is 13.2 Å². The van der Waals surface area contributed by atoms with Gasteiger partial charge in [0.2, 0.25) is 5.91 Å². The van der Waals surface area contributed by atoms with Gasteiger partial charge < -0.3 is 20.1 Å². The fourth-order valence-electron chi connectivity index (χ4n) is 3.13. The lowest BCUT2D eigenvalue weighted by atomic mass is 10.0. The summed E-state index contributed by atoms with van der Waals surface area (Å²) >= 11 is 0. The standard InChI is InChI=1S/C24H27F3N2O5/c1-15(2)20(29-23(32)34-14-16-8-5-4-6-9-16)21(30)28-19(22(31)33-3)13-17-10-7-11-18(12-17)24(25,26)27/h4-12,15,19-20H,13-14H2,1-3H3,(H,28,30)(H,29,32)/t19-,20-/m1/s1. The maximum Gasteiger partial charge on any atom is 0.416 e. The predicted molar refractivity (Wildman–Crippen MR) is 117 cm³/mol. The second-order valence-electron chi connectivity index (χ2n) is 7.91. The first-order chi connectivity index (χ1) is 16.0. The van der Waals surface area contributed by atoms with E-state index in [0.29, 0.717) is 0 Å². The summed E-state index contributed by atoms with van der Waals surface area (Å²) in [4.78, 5) is 37.3. The molecule has 0 aliphatic rings. The van der Waals surface area contributed by atoms with Gasteiger partial charge >= 0.3 is 18.2 Å². The Labute approximate surface area is 195 Å². The number of carbonyl (C=O) groups excluding carboxylic acids is 3. The van der Waals surface area contributed by atoms with Gasteiger partial charge in [0, 0.05) is 6.42 Å². The van der Waals surface area contributed by atoms with Gasteiger partial charge in [0.1, 0.15) is 18.7 Å². The van der Waals surface area contributed by atoms with Crippen LogP contribution in [-0.2, 0) is 38.3 Å². The van der Waals surface area contributed by atoms with Gasteiger partial charge in [-0.3, -0.25) is 4.79 Å². The molecule has 0 saturated carbocycles. The molecule has 0 fully saturated rings. The van der Waals surface area contributed by atoms with Crippen LogP contribution in [0.2, 0.25) is 0 Å². The Hall–Kier alpha value is -3.56. The molecule has 7 nitrogen and oxygen atoms in total. The normalized spacial score (nSPS) is 13.0. The van der Waals surface area contributed by atoms with E-state index in [0.717, 1.165) is 24.8 Å². The van der Waals surface area contributed by atoms with Crippen molar-refractivity contribution in [2.45, 2.75) is 45.1 Å². The Bertz CT molecular complexity index is 980. The lowest BCUT2D eigenvalue weighted by Gasteiger charge is -2.24. The first kappa shape index (κ1) is 26.7. The predicted octanol–water partition coefficient (Wildman–Crippen LogP) is 3.86. The number of esters is 1. The third-order valence-electron chi connectivity index (χ3n) is 4.93. The number of amides is 2. The zero-order chi connectivity index (χ0) is 25.3. The second-order valence-corrected chi connectivity index (χ2v) is 7.91. The molecule has 0 unspecified atom stereocenters. The highest BCUT2D eigenvalue weighted by molar-refractivity contribution is 5.90. The highest BCUT2D eigenvalue weighted by Crippen LogP contribution is 2.29. The molecule has 0 spiro atoms. The Morgan fingerprint density at radius 3 is 2.18 bits per heavy atom. The number of halogens is 3. The van der Waals surface area contributed by atoms with E-state index in [1.165, 1.54) is 12.1 Å². The lowest BCUT2D eigenvalue weighted by Crippen LogP contribution is -2.54. The summed E-state index contributed by atoms with van der Waals surface area (Å²) < 4.78 is 48.9. The van der Waals surface area contributed by atoms with Crippen LogP contribution in [0.15, 0.2) is 54.6 Å². The number of alkyl carbamates (subject to hydrolysis) is 1. The summed E-state index contributed by atoms with van der Waals surface area (Å²) in [6.45, 7) is 3.36. The van der Waals surface area contributed by atoms with E-state index < -0.39 is 41.8 Å². The van der Waals surface area contributed by atoms with Crippen molar-refractivity contribution < 1.29 is 37.0 Å². The van der Waals surface area contributed by atoms with Crippen molar-refractivity contribution in [1.29, 1.82) is 0 Å². The van der Waals surface area contributed by atoms with Crippen molar-refractivity contribution in [1.82, 2.24) is 10.6 Å². The summed E-state index contributed by atoms with van der Waals surface area (Å²) in [5, 5.41) is 4.94. The summed E-state index contributed by atoms with van der Waals surface area (Å²) in [7, 11) is 1.10. The van der Waals surface area contributed by atoms with Gasteiger partial charge in [0.25, 0.3) is 0 Å². The smallest absolute Gasteiger partial charge is 0.416 e. The van der Waals surface area contributed by atoms with Gasteiger partial charge in [-0.1, -0.05) is 62.4 Å². The molecular formula is C24H27F3N2O5. The van der Waals surface area contributed by atoms with Gasteiger partial charge in [0.05, 0.1) is 12.7 Å². The monoisotopic (exact) mass is 480 g/mol. The largest absolute Gasteiger partial charge is 0.467 e. The molecule has 0 heterocycles. The molecular weight excluding hydrogens is 453 g/mol. The van der Waals surface area contributed by atoms with Crippen LogP contribution in [0.25, 0.3) is 0 Å². The Morgan fingerprint density at radius 2 is 1.59 bits per heavy atom. The van der Waals surface area contributed by atoms with Crippen LogP contribution in [-0.4, -0.2) is 37.2 Å². The number of rotatable bonds is 9. The average molecular weight is 480 g/mol. The van der Waals surface area contributed by atoms with E-state index >= 15 is 0 Å². The quantitative estimate of drug-likeness (QED) is 0.532. The molecule has 2 N–H and O–H groups in total. The molecule has 2 aromatic carbocycles. The number of methoxy groups -OCH3 is 1. The van der Waals surface area contributed by atoms with Crippen molar-refractivity contribution >= 4 is 18.0 Å². The number of ether oxygens (including phenoxy) is 2. The zero-order valence-electron chi connectivity index (χ0n) is 19.0. The lowest BCUT2D eigenvalue weighted by molar-refractivity contribution is -0.145. The Morgan fingerprint density at radius 1 is 0.941 bits per heavy atom. The van der Waals surface area contributed by atoms with E-state index in [2.05, 4.69) is 10.6 Å². The van der Waals surface area contributed by atoms with Crippen molar-refractivity contribution in [3.05, 3.63) is 71.3 Å². The second kappa shape index (κ2) is 12.1. The third kappa shape index (κ3) is 8.09. The molecule has 0 aliphatic heterocycles. The molecule has 34 heavy (non-hydrogen) atoms. The molecule has 0 bridgehead atoms. The molecule has 0 aromatic heterocycles. The molecule has 2 rings (SSSR count). The summed E-state index contributed by atoms with van der Waals surface area (Å²) in [6.07, 6.45) is -5.61. The molecule has 0 aliphatic carbocycles. The SMILES string of the molecule is COC(=O)[C@@H](Cc1cccc(C(F)(F)F)c1)NC(=O)[C@H](NC(=O)OCc1ccccc1)C(C)C. The Balaban J connectivity index is 2.08. The number of carbonyl (C=O) groups is 3. The van der Waals surface area contributed by atoms with Gasteiger partial charge in [0.15, 0.2) is 0 Å². The summed E-state index contributed by atoms with van der Waals surface area (Å²) in [5.74, 6) is -1.91. The van der Waals surface area contributed by atoms with Crippen LogP contribution in [0.1, 0.15) is 30.5 Å². The van der Waals surface area contributed by atoms with Crippen molar-refractivity contribution in [2.75, 3.05) is 7.11 Å². The van der Waals surface area contributed by atoms with Crippen LogP contribution in [0.5, 0.6) is 0 Å². The van der Waals surface area contributed by atoms with Crippen molar-refractivity contribution in [2.24, 2.45) is 5.92 Å². The molecule has 2 aromatic rings. The number of hydrogen-bond donors (Lipinski definition) is 2. The minimum absolute atomic E-state index is 0.000556. The van der Waals surface area contributed by atoms with Crippen LogP contribution in [0.4, 0.5) is 18.0 Å². The molecule has 0 radical (unpaired) electrons. The van der Waals surface area contributed by atoms with Crippen LogP contribution in [0.3, 0.4) is 0 Å². The number of alkyl halides is 3. The van der Waals surface area contributed by atoms with E-state index in [9.17, 15) is 27.6 Å². The van der Waals surface area contributed by atoms with Crippen LogP contribution >= 0.6 is 0 Å². The maximum atomic E-state index is 13.0. The summed E-state index contributed by atoms with van der Waals surface area (Å²) in [5.41, 5.74) is 0.0692. The number of hydrogen-bond acceptors (Lipinski definition) is 5. The van der Waals surface area contributed by atoms with Crippen molar-refractivity contribution in [3.63, 3.8) is 0 Å². The van der Waals surface area contributed by atoms with Gasteiger partial charge in [-0.05, 0) is 23.1 Å². The van der Waals surface area contributed by atoms with Crippen LogP contribution in [0, 0.1) is 5.92 Å². The van der Waals surface area contributed by atoms with Crippen molar-refractivity contribution in [3.8, 4) is 0 Å². The molecule has 2 atom stereocenters. The van der Waals surface area contributed by atoms with E-state index in [1.54, 1.807) is 38.1 Å². The minimum atomic E-state index is -4.55. The highest BCUT2D eigenvalue weighted by Gasteiger charge is 2.32. The number of benzene rings is 2. The average Bonchev–Trinajstić information content (AvgIpc) is 2.80. The van der Waals surface area contributed by atoms with Gasteiger partial charge in [-0.25, -0.2) is 9.59 Å². The number of nitrogens with one attached hydrogen (secondary N) is 2. The Kier molecular flexibility index (Phi) is 9.47. The molecule has 0 saturated heterocycles. The van der Waals surface area contributed by atoms with Gasteiger partial charge in [-0.15, -0.1) is 0 Å². The molecule has 184 valence electrons. The third-order valence-corrected chi connectivity index (χ3v) is 4.93. The minimum Gasteiger partial charge on any atom is -0.467 e. The van der Waals surface area contributed by atoms with E-state index in [1.807, 2.05) is 6.07 Å². The highest BCUT2D eigenvalue weighted by atomic mass is 19.4. The topological polar surface area (TPSA) is 93.7 Å². The molecule has 2 amide bonds. The molecule has 10 heteroatoms. The maximum absolute atomic E-state index is 13.0. The van der Waals surface area contributed by atoms with E-state index in [4.69, 9.17) is 9.47 Å². The fourth-order valence-corrected chi connectivity index (χ4v) is 3.13. The van der Waals surface area contributed by atoms with E-state index in [-0.39, 0.29) is 24.5 Å². The first-order valence-corrected chi connectivity index (χ1v) is 10.5. The summed E-state index contributed by atoms with van der Waals surface area (Å²) in [6, 6.07) is 11.1. The van der Waals surface area contributed by atoms with Crippen LogP contribution < -0.4 is 10.6 Å².